The van der Waals surface area contributed by atoms with Crippen LogP contribution in [0.4, 0.5) is 0 Å². The van der Waals surface area contributed by atoms with Gasteiger partial charge in [0, 0.05) is 13.0 Å². The smallest absolute Gasteiger partial charge is 0.329 e. The highest BCUT2D eigenvalue weighted by Gasteiger charge is 1.97. The van der Waals surface area contributed by atoms with Gasteiger partial charge in [0.25, 0.3) is 0 Å². The van der Waals surface area contributed by atoms with E-state index in [4.69, 9.17) is 14.9 Å². The minimum Gasteiger partial charge on any atom is -0.481 e. The second-order valence-corrected chi connectivity index (χ2v) is 2.56. The van der Waals surface area contributed by atoms with Gasteiger partial charge in [0.2, 0.25) is 0 Å². The minimum atomic E-state index is -1.02. The number of carboxylic acid groups (broad SMARTS) is 2. The van der Waals surface area contributed by atoms with E-state index in [2.05, 4.69) is 4.74 Å². The normalized spacial score (nSPS) is 10.0. The third-order valence-corrected chi connectivity index (χ3v) is 1.28. The van der Waals surface area contributed by atoms with Crippen LogP contribution in [-0.4, -0.2) is 48.6 Å². The molecular formula is C8H14O6. The van der Waals surface area contributed by atoms with Crippen LogP contribution in [0.3, 0.4) is 0 Å². The van der Waals surface area contributed by atoms with E-state index in [1.165, 1.54) is 0 Å². The molecule has 0 radical (unpaired) electrons. The van der Waals surface area contributed by atoms with Crippen molar-refractivity contribution in [3.63, 3.8) is 0 Å². The van der Waals surface area contributed by atoms with Crippen LogP contribution < -0.4 is 0 Å². The van der Waals surface area contributed by atoms with Gasteiger partial charge in [-0.15, -0.1) is 0 Å². The number of hydrogen-bond acceptors (Lipinski definition) is 4. The highest BCUT2D eigenvalue weighted by Crippen LogP contribution is 1.89. The van der Waals surface area contributed by atoms with Crippen molar-refractivity contribution in [3.8, 4) is 0 Å². The zero-order valence-electron chi connectivity index (χ0n) is 7.77. The molecule has 0 aliphatic heterocycles. The highest BCUT2D eigenvalue weighted by molar-refractivity contribution is 5.68. The van der Waals surface area contributed by atoms with Gasteiger partial charge in [-0.1, -0.05) is 0 Å². The molecule has 0 aromatic rings. The number of ether oxygens (including phenoxy) is 2. The summed E-state index contributed by atoms with van der Waals surface area (Å²) in [6.07, 6.45) is 0.532. The molecule has 0 saturated heterocycles. The lowest BCUT2D eigenvalue weighted by molar-refractivity contribution is -0.143. The SMILES string of the molecule is O=C(O)CCCOCCOCC(=O)O. The maximum absolute atomic E-state index is 10.1. The van der Waals surface area contributed by atoms with Crippen LogP contribution in [0.2, 0.25) is 0 Å². The fourth-order valence-electron chi connectivity index (χ4n) is 0.705. The van der Waals surface area contributed by atoms with Crippen LogP contribution in [-0.2, 0) is 19.1 Å². The van der Waals surface area contributed by atoms with Gasteiger partial charge in [-0.25, -0.2) is 4.79 Å². The number of aliphatic carboxylic acids is 2. The zero-order chi connectivity index (χ0) is 10.8. The van der Waals surface area contributed by atoms with E-state index in [-0.39, 0.29) is 26.2 Å². The first kappa shape index (κ1) is 12.9. The lowest BCUT2D eigenvalue weighted by Gasteiger charge is -2.02. The number of carboxylic acids is 2. The van der Waals surface area contributed by atoms with Crippen molar-refractivity contribution in [1.29, 1.82) is 0 Å². The molecule has 0 amide bonds. The maximum Gasteiger partial charge on any atom is 0.329 e. The van der Waals surface area contributed by atoms with Crippen molar-refractivity contribution in [2.45, 2.75) is 12.8 Å². The number of carbonyl (C=O) groups is 2. The molecule has 0 heterocycles. The lowest BCUT2D eigenvalue weighted by atomic mass is 10.3. The average Bonchev–Trinajstić information content (AvgIpc) is 2.08. The first-order valence-electron chi connectivity index (χ1n) is 4.22. The first-order chi connectivity index (χ1) is 6.63. The van der Waals surface area contributed by atoms with Crippen LogP contribution >= 0.6 is 0 Å². The predicted molar refractivity (Wildman–Crippen MR) is 46.1 cm³/mol. The fraction of sp³-hybridized carbons (Fsp3) is 0.750. The average molecular weight is 206 g/mol. The molecule has 6 heteroatoms. The third kappa shape index (κ3) is 10.9. The van der Waals surface area contributed by atoms with E-state index >= 15 is 0 Å². The standard InChI is InChI=1S/C8H14O6/c9-7(10)2-1-3-13-4-5-14-6-8(11)12/h1-6H2,(H,9,10)(H,11,12). The minimum absolute atomic E-state index is 0.0793. The Kier molecular flexibility index (Phi) is 7.77. The van der Waals surface area contributed by atoms with Gasteiger partial charge >= 0.3 is 11.9 Å². The van der Waals surface area contributed by atoms with E-state index in [0.29, 0.717) is 13.0 Å². The van der Waals surface area contributed by atoms with Gasteiger partial charge in [0.15, 0.2) is 0 Å². The fourth-order valence-corrected chi connectivity index (χ4v) is 0.705. The molecule has 0 aliphatic carbocycles. The summed E-state index contributed by atoms with van der Waals surface area (Å²) in [5.41, 5.74) is 0. The second-order valence-electron chi connectivity index (χ2n) is 2.56. The van der Waals surface area contributed by atoms with Gasteiger partial charge < -0.3 is 19.7 Å². The van der Waals surface area contributed by atoms with E-state index in [0.717, 1.165) is 0 Å². The van der Waals surface area contributed by atoms with E-state index < -0.39 is 11.9 Å². The summed E-state index contributed by atoms with van der Waals surface area (Å²) in [6.45, 7) is 0.507. The van der Waals surface area contributed by atoms with Crippen molar-refractivity contribution in [3.05, 3.63) is 0 Å². The molecule has 0 spiro atoms. The Hall–Kier alpha value is -1.14. The van der Waals surface area contributed by atoms with Crippen molar-refractivity contribution in [2.75, 3.05) is 26.4 Å². The van der Waals surface area contributed by atoms with Gasteiger partial charge in [-0.3, -0.25) is 4.79 Å². The van der Waals surface area contributed by atoms with Crippen LogP contribution in [0.25, 0.3) is 0 Å². The molecule has 14 heavy (non-hydrogen) atoms. The Bertz CT molecular complexity index is 159. The topological polar surface area (TPSA) is 93.1 Å². The summed E-state index contributed by atoms with van der Waals surface area (Å²) in [4.78, 5) is 20.0. The molecule has 6 nitrogen and oxygen atoms in total. The summed E-state index contributed by atoms with van der Waals surface area (Å²) >= 11 is 0. The Morgan fingerprint density at radius 1 is 0.929 bits per heavy atom. The van der Waals surface area contributed by atoms with Crippen LogP contribution in [0.5, 0.6) is 0 Å². The van der Waals surface area contributed by atoms with Gasteiger partial charge in [0.05, 0.1) is 13.2 Å². The number of rotatable bonds is 9. The summed E-state index contributed by atoms with van der Waals surface area (Å²) < 4.78 is 9.67. The molecule has 0 fully saturated rings. The van der Waals surface area contributed by atoms with E-state index in [1.807, 2.05) is 0 Å². The maximum atomic E-state index is 10.1. The summed E-state index contributed by atoms with van der Waals surface area (Å²) in [6, 6.07) is 0. The summed E-state index contributed by atoms with van der Waals surface area (Å²) in [5, 5.41) is 16.5. The van der Waals surface area contributed by atoms with E-state index in [1.54, 1.807) is 0 Å². The predicted octanol–water partition coefficient (Wildman–Crippen LogP) is -0.0310. The first-order valence-corrected chi connectivity index (χ1v) is 4.22. The molecule has 0 unspecified atom stereocenters. The van der Waals surface area contributed by atoms with E-state index in [9.17, 15) is 9.59 Å². The van der Waals surface area contributed by atoms with Crippen molar-refractivity contribution in [2.24, 2.45) is 0 Å². The molecule has 82 valence electrons. The van der Waals surface area contributed by atoms with Gasteiger partial charge in [-0.05, 0) is 6.42 Å². The largest absolute Gasteiger partial charge is 0.481 e. The molecule has 0 aromatic carbocycles. The zero-order valence-corrected chi connectivity index (χ0v) is 7.77. The Morgan fingerprint density at radius 2 is 1.57 bits per heavy atom. The molecule has 0 rings (SSSR count). The summed E-state index contributed by atoms with van der Waals surface area (Å²) in [5.74, 6) is -1.87. The second kappa shape index (κ2) is 8.46. The summed E-state index contributed by atoms with van der Waals surface area (Å²) in [7, 11) is 0. The Labute approximate surface area is 81.4 Å². The molecule has 0 aliphatic rings. The van der Waals surface area contributed by atoms with Crippen molar-refractivity contribution >= 4 is 11.9 Å². The molecule has 0 aromatic heterocycles. The Morgan fingerprint density at radius 3 is 2.14 bits per heavy atom. The Balaban J connectivity index is 2.99. The van der Waals surface area contributed by atoms with Crippen LogP contribution in [0, 0.1) is 0 Å². The molecule has 0 atom stereocenters. The van der Waals surface area contributed by atoms with Gasteiger partial charge in [0.1, 0.15) is 6.61 Å². The molecule has 0 bridgehead atoms. The number of hydrogen-bond donors (Lipinski definition) is 2. The van der Waals surface area contributed by atoms with Gasteiger partial charge in [-0.2, -0.15) is 0 Å². The molecule has 2 N–H and O–H groups in total. The quantitative estimate of drug-likeness (QED) is 0.514. The molecular weight excluding hydrogens is 192 g/mol. The molecule has 0 saturated carbocycles. The van der Waals surface area contributed by atoms with Crippen LogP contribution in [0.15, 0.2) is 0 Å². The lowest BCUT2D eigenvalue weighted by Crippen LogP contribution is -2.11. The highest BCUT2D eigenvalue weighted by atomic mass is 16.5. The monoisotopic (exact) mass is 206 g/mol. The van der Waals surface area contributed by atoms with Crippen molar-refractivity contribution in [1.82, 2.24) is 0 Å². The van der Waals surface area contributed by atoms with Crippen molar-refractivity contribution < 1.29 is 29.3 Å². The van der Waals surface area contributed by atoms with Crippen LogP contribution in [0.1, 0.15) is 12.8 Å². The third-order valence-electron chi connectivity index (χ3n) is 1.28.